The van der Waals surface area contributed by atoms with Crippen molar-refractivity contribution in [2.24, 2.45) is 0 Å². The first-order valence-electron chi connectivity index (χ1n) is 11.6. The second kappa shape index (κ2) is 10.6. The molecule has 1 amide bonds. The number of methoxy groups -OCH3 is 1. The average Bonchev–Trinajstić information content (AvgIpc) is 2.94. The lowest BCUT2D eigenvalue weighted by molar-refractivity contribution is 0.102. The first-order valence-corrected chi connectivity index (χ1v) is 13.1. The molecule has 0 fully saturated rings. The summed E-state index contributed by atoms with van der Waals surface area (Å²) in [6.45, 7) is 0. The lowest BCUT2D eigenvalue weighted by atomic mass is 10.2. The van der Waals surface area contributed by atoms with Gasteiger partial charge in [-0.2, -0.15) is 0 Å². The Morgan fingerprint density at radius 2 is 1.29 bits per heavy atom. The fourth-order valence-electron chi connectivity index (χ4n) is 3.66. The van der Waals surface area contributed by atoms with Crippen LogP contribution in [-0.4, -0.2) is 31.4 Å². The summed E-state index contributed by atoms with van der Waals surface area (Å²) in [4.78, 5) is 21.9. The molecule has 4 aromatic carbocycles. The number of sulfonamides is 1. The minimum atomic E-state index is -3.90. The molecule has 0 aliphatic carbocycles. The van der Waals surface area contributed by atoms with Crippen molar-refractivity contribution < 1.29 is 17.9 Å². The third-order valence-corrected chi connectivity index (χ3v) is 6.97. The van der Waals surface area contributed by atoms with Crippen LogP contribution in [0.2, 0.25) is 0 Å². The smallest absolute Gasteiger partial charge is 0.263 e. The number of nitrogens with zero attached hydrogens (tertiary/aromatic N) is 2. The maximum absolute atomic E-state index is 13.0. The highest BCUT2D eigenvalue weighted by Crippen LogP contribution is 2.27. The van der Waals surface area contributed by atoms with Crippen molar-refractivity contribution in [3.8, 4) is 5.75 Å². The van der Waals surface area contributed by atoms with E-state index in [9.17, 15) is 13.2 Å². The number of para-hydroxylation sites is 2. The normalized spacial score (nSPS) is 11.1. The molecule has 0 saturated carbocycles. The van der Waals surface area contributed by atoms with E-state index in [1.807, 2.05) is 6.07 Å². The molecule has 5 rings (SSSR count). The Bertz CT molecular complexity index is 1690. The maximum Gasteiger partial charge on any atom is 0.263 e. The lowest BCUT2D eigenvalue weighted by Crippen LogP contribution is -2.16. The van der Waals surface area contributed by atoms with E-state index in [4.69, 9.17) is 4.74 Å². The Morgan fingerprint density at radius 3 is 1.92 bits per heavy atom. The van der Waals surface area contributed by atoms with Crippen molar-refractivity contribution in [1.82, 2.24) is 9.97 Å². The van der Waals surface area contributed by atoms with Gasteiger partial charge in [0.05, 0.1) is 23.0 Å². The minimum absolute atomic E-state index is 0.0499. The molecule has 10 heteroatoms. The number of anilines is 4. The predicted molar refractivity (Wildman–Crippen MR) is 147 cm³/mol. The van der Waals surface area contributed by atoms with Gasteiger partial charge < -0.3 is 15.4 Å². The molecule has 0 aliphatic heterocycles. The van der Waals surface area contributed by atoms with Crippen LogP contribution < -0.4 is 20.1 Å². The highest BCUT2D eigenvalue weighted by molar-refractivity contribution is 7.92. The zero-order valence-corrected chi connectivity index (χ0v) is 21.1. The molecule has 190 valence electrons. The summed E-state index contributed by atoms with van der Waals surface area (Å²) >= 11 is 0. The number of carbonyl (C=O) groups is 1. The van der Waals surface area contributed by atoms with Crippen molar-refractivity contribution >= 4 is 50.0 Å². The van der Waals surface area contributed by atoms with Crippen LogP contribution in [0.15, 0.2) is 108 Å². The SMILES string of the molecule is COc1ccc(NC(=O)c2ccc(Nc3nc4ccccc4nc3NS(=O)(=O)c3ccccc3)cc2)cc1. The first kappa shape index (κ1) is 24.7. The molecule has 5 aromatic rings. The second-order valence-corrected chi connectivity index (χ2v) is 9.90. The third-order valence-electron chi connectivity index (χ3n) is 5.61. The van der Waals surface area contributed by atoms with E-state index in [1.54, 1.807) is 92.0 Å². The summed E-state index contributed by atoms with van der Waals surface area (Å²) < 4.78 is 33.7. The number of hydrogen-bond acceptors (Lipinski definition) is 7. The molecule has 38 heavy (non-hydrogen) atoms. The van der Waals surface area contributed by atoms with Crippen molar-refractivity contribution in [3.05, 3.63) is 109 Å². The van der Waals surface area contributed by atoms with Gasteiger partial charge in [-0.3, -0.25) is 9.52 Å². The van der Waals surface area contributed by atoms with Gasteiger partial charge in [-0.1, -0.05) is 30.3 Å². The van der Waals surface area contributed by atoms with Crippen LogP contribution in [0.3, 0.4) is 0 Å². The second-order valence-electron chi connectivity index (χ2n) is 8.21. The van der Waals surface area contributed by atoms with E-state index in [0.717, 1.165) is 0 Å². The molecule has 0 spiro atoms. The van der Waals surface area contributed by atoms with Gasteiger partial charge in [-0.15, -0.1) is 0 Å². The summed E-state index contributed by atoms with van der Waals surface area (Å²) in [5, 5.41) is 5.96. The maximum atomic E-state index is 13.0. The van der Waals surface area contributed by atoms with E-state index in [2.05, 4.69) is 25.3 Å². The quantitative estimate of drug-likeness (QED) is 0.247. The van der Waals surface area contributed by atoms with Crippen molar-refractivity contribution in [1.29, 1.82) is 0 Å². The number of ether oxygens (including phenoxy) is 1. The van der Waals surface area contributed by atoms with Crippen LogP contribution in [0, 0.1) is 0 Å². The molecule has 0 radical (unpaired) electrons. The van der Waals surface area contributed by atoms with Gasteiger partial charge in [0.2, 0.25) is 0 Å². The number of nitrogens with one attached hydrogen (secondary N) is 3. The Morgan fingerprint density at radius 1 is 0.711 bits per heavy atom. The molecular weight excluding hydrogens is 502 g/mol. The third kappa shape index (κ3) is 5.55. The van der Waals surface area contributed by atoms with Crippen LogP contribution in [0.25, 0.3) is 11.0 Å². The molecule has 3 N–H and O–H groups in total. The molecular formula is C28H23N5O4S. The molecule has 0 atom stereocenters. The Labute approximate surface area is 219 Å². The largest absolute Gasteiger partial charge is 0.497 e. The molecule has 1 aromatic heterocycles. The molecule has 1 heterocycles. The van der Waals surface area contributed by atoms with Crippen LogP contribution in [0.1, 0.15) is 10.4 Å². The topological polar surface area (TPSA) is 122 Å². The summed E-state index contributed by atoms with van der Waals surface area (Å²) in [7, 11) is -2.32. The highest BCUT2D eigenvalue weighted by atomic mass is 32.2. The van der Waals surface area contributed by atoms with E-state index in [0.29, 0.717) is 33.7 Å². The summed E-state index contributed by atoms with van der Waals surface area (Å²) in [5.41, 5.74) is 2.80. The molecule has 0 bridgehead atoms. The number of aromatic nitrogens is 2. The minimum Gasteiger partial charge on any atom is -0.497 e. The summed E-state index contributed by atoms with van der Waals surface area (Å²) in [6.07, 6.45) is 0. The molecule has 0 saturated heterocycles. The Balaban J connectivity index is 1.39. The van der Waals surface area contributed by atoms with Crippen LogP contribution >= 0.6 is 0 Å². The Hall–Kier alpha value is -4.96. The summed E-state index contributed by atoms with van der Waals surface area (Å²) in [6, 6.07) is 28.9. The predicted octanol–water partition coefficient (Wildman–Crippen LogP) is 5.44. The van der Waals surface area contributed by atoms with Crippen LogP contribution in [0.5, 0.6) is 5.75 Å². The van der Waals surface area contributed by atoms with E-state index in [-0.39, 0.29) is 22.4 Å². The fraction of sp³-hybridized carbons (Fsp3) is 0.0357. The van der Waals surface area contributed by atoms with Gasteiger partial charge in [0, 0.05) is 16.9 Å². The van der Waals surface area contributed by atoms with Crippen molar-refractivity contribution in [2.75, 3.05) is 22.5 Å². The Kier molecular flexibility index (Phi) is 6.88. The average molecular weight is 526 g/mol. The van der Waals surface area contributed by atoms with E-state index in [1.165, 1.54) is 12.1 Å². The number of hydrogen-bond donors (Lipinski definition) is 3. The zero-order valence-electron chi connectivity index (χ0n) is 20.3. The monoisotopic (exact) mass is 525 g/mol. The van der Waals surface area contributed by atoms with E-state index < -0.39 is 10.0 Å². The summed E-state index contributed by atoms with van der Waals surface area (Å²) in [5.74, 6) is 0.691. The van der Waals surface area contributed by atoms with Gasteiger partial charge in [0.1, 0.15) is 5.75 Å². The van der Waals surface area contributed by atoms with Gasteiger partial charge in [-0.25, -0.2) is 18.4 Å². The standard InChI is InChI=1S/C28H23N5O4S/c1-37-22-17-15-21(16-18-22)30-28(34)19-11-13-20(14-12-19)29-26-27(32-25-10-6-5-9-24(25)31-26)33-38(35,36)23-7-3-2-4-8-23/h2-18H,1H3,(H,29,31)(H,30,34)(H,32,33). The number of benzene rings is 4. The van der Waals surface area contributed by atoms with Crippen LogP contribution in [0.4, 0.5) is 23.0 Å². The van der Waals surface area contributed by atoms with E-state index >= 15 is 0 Å². The van der Waals surface area contributed by atoms with Gasteiger partial charge >= 0.3 is 0 Å². The van der Waals surface area contributed by atoms with Gasteiger partial charge in [-0.05, 0) is 72.8 Å². The number of carbonyl (C=O) groups excluding carboxylic acids is 1. The number of amides is 1. The molecule has 0 unspecified atom stereocenters. The van der Waals surface area contributed by atoms with Crippen molar-refractivity contribution in [2.45, 2.75) is 4.90 Å². The van der Waals surface area contributed by atoms with Gasteiger partial charge in [0.25, 0.3) is 15.9 Å². The van der Waals surface area contributed by atoms with Crippen molar-refractivity contribution in [3.63, 3.8) is 0 Å². The molecule has 0 aliphatic rings. The highest BCUT2D eigenvalue weighted by Gasteiger charge is 2.19. The van der Waals surface area contributed by atoms with Gasteiger partial charge in [0.15, 0.2) is 11.6 Å². The number of rotatable bonds is 8. The van der Waals surface area contributed by atoms with Crippen LogP contribution in [-0.2, 0) is 10.0 Å². The molecule has 9 nitrogen and oxygen atoms in total. The lowest BCUT2D eigenvalue weighted by Gasteiger charge is -2.14. The number of fused-ring (bicyclic) bond motifs is 1. The first-order chi connectivity index (χ1) is 18.4. The fourth-order valence-corrected chi connectivity index (χ4v) is 4.69. The zero-order chi connectivity index (χ0) is 26.5.